The quantitative estimate of drug-likeness (QED) is 0.572. The van der Waals surface area contributed by atoms with E-state index in [4.69, 9.17) is 0 Å². The average Bonchev–Trinajstić information content (AvgIpc) is 2.58. The van der Waals surface area contributed by atoms with Crippen LogP contribution in [0.1, 0.15) is 19.8 Å². The van der Waals surface area contributed by atoms with Gasteiger partial charge < -0.3 is 10.4 Å². The molecule has 0 amide bonds. The summed E-state index contributed by atoms with van der Waals surface area (Å²) in [4.78, 5) is 2.43. The fourth-order valence-electron chi connectivity index (χ4n) is 2.41. The third-order valence-corrected chi connectivity index (χ3v) is 3.15. The van der Waals surface area contributed by atoms with Crippen LogP contribution in [-0.2, 0) is 0 Å². The van der Waals surface area contributed by atoms with Gasteiger partial charge in [-0.05, 0) is 26.3 Å². The van der Waals surface area contributed by atoms with E-state index < -0.39 is 0 Å². The normalized spacial score (nSPS) is 44.0. The molecule has 0 aromatic rings. The summed E-state index contributed by atoms with van der Waals surface area (Å²) >= 11 is 0. The smallest absolute Gasteiger partial charge is 0.0679 e. The van der Waals surface area contributed by atoms with Crippen molar-refractivity contribution >= 4 is 0 Å². The molecule has 2 saturated heterocycles. The van der Waals surface area contributed by atoms with Crippen molar-refractivity contribution in [3.63, 3.8) is 0 Å². The van der Waals surface area contributed by atoms with Crippen LogP contribution in [0.3, 0.4) is 0 Å². The minimum atomic E-state index is -0.0715. The van der Waals surface area contributed by atoms with Crippen LogP contribution in [0.15, 0.2) is 0 Å². The van der Waals surface area contributed by atoms with Gasteiger partial charge in [-0.2, -0.15) is 0 Å². The van der Waals surface area contributed by atoms with E-state index >= 15 is 0 Å². The Morgan fingerprint density at radius 2 is 2.25 bits per heavy atom. The fraction of sp³-hybridized carbons (Fsp3) is 1.00. The molecule has 3 atom stereocenters. The van der Waals surface area contributed by atoms with Gasteiger partial charge in [-0.15, -0.1) is 0 Å². The second kappa shape index (κ2) is 3.32. The topological polar surface area (TPSA) is 35.5 Å². The molecule has 0 aliphatic carbocycles. The predicted molar refractivity (Wildman–Crippen MR) is 48.1 cm³/mol. The molecule has 2 fully saturated rings. The molecule has 0 spiro atoms. The number of aliphatic hydroxyl groups excluding tert-OH is 1. The average molecular weight is 170 g/mol. The van der Waals surface area contributed by atoms with Gasteiger partial charge in [-0.3, -0.25) is 4.90 Å². The zero-order chi connectivity index (χ0) is 8.55. The Morgan fingerprint density at radius 1 is 1.42 bits per heavy atom. The molecule has 0 unspecified atom stereocenters. The molecule has 2 rings (SSSR count). The van der Waals surface area contributed by atoms with E-state index in [1.807, 2.05) is 0 Å². The largest absolute Gasteiger partial charge is 0.392 e. The summed E-state index contributed by atoms with van der Waals surface area (Å²) in [5.74, 6) is 0. The Morgan fingerprint density at radius 3 is 2.75 bits per heavy atom. The zero-order valence-corrected chi connectivity index (χ0v) is 7.66. The van der Waals surface area contributed by atoms with Gasteiger partial charge in [0.15, 0.2) is 0 Å². The van der Waals surface area contributed by atoms with Crippen LogP contribution in [0, 0.1) is 0 Å². The van der Waals surface area contributed by atoms with Crippen molar-refractivity contribution in [2.75, 3.05) is 19.6 Å². The third-order valence-electron chi connectivity index (χ3n) is 3.15. The van der Waals surface area contributed by atoms with Gasteiger partial charge in [0.25, 0.3) is 0 Å². The van der Waals surface area contributed by atoms with Gasteiger partial charge in [0.1, 0.15) is 0 Å². The van der Waals surface area contributed by atoms with Gasteiger partial charge >= 0.3 is 0 Å². The summed E-state index contributed by atoms with van der Waals surface area (Å²) in [6.45, 7) is 5.34. The molecule has 0 bridgehead atoms. The maximum absolute atomic E-state index is 9.38. The van der Waals surface area contributed by atoms with Gasteiger partial charge in [-0.1, -0.05) is 0 Å². The number of hydrogen-bond donors (Lipinski definition) is 2. The lowest BCUT2D eigenvalue weighted by atomic mass is 10.1. The summed E-state index contributed by atoms with van der Waals surface area (Å²) in [5.41, 5.74) is 0. The molecular weight excluding hydrogens is 152 g/mol. The maximum Gasteiger partial charge on any atom is 0.0679 e. The number of nitrogens with one attached hydrogen (secondary N) is 1. The van der Waals surface area contributed by atoms with Gasteiger partial charge in [0, 0.05) is 25.2 Å². The summed E-state index contributed by atoms with van der Waals surface area (Å²) in [6.07, 6.45) is 2.13. The molecule has 0 saturated carbocycles. The zero-order valence-electron chi connectivity index (χ0n) is 7.66. The summed E-state index contributed by atoms with van der Waals surface area (Å²) in [7, 11) is 0. The summed E-state index contributed by atoms with van der Waals surface area (Å²) in [5, 5.41) is 12.8. The van der Waals surface area contributed by atoms with E-state index in [1.165, 1.54) is 6.42 Å². The Bertz CT molecular complexity index is 163. The van der Waals surface area contributed by atoms with Crippen molar-refractivity contribution in [1.29, 1.82) is 0 Å². The van der Waals surface area contributed by atoms with Gasteiger partial charge in [0.2, 0.25) is 0 Å². The highest BCUT2D eigenvalue weighted by Gasteiger charge is 2.32. The number of β-amino-alcohol motifs (C(OH)–C–C–N with tert-alkyl or cyclic N) is 1. The van der Waals surface area contributed by atoms with Crippen LogP contribution >= 0.6 is 0 Å². The third kappa shape index (κ3) is 1.49. The first-order valence-corrected chi connectivity index (χ1v) is 4.93. The second-order valence-electron chi connectivity index (χ2n) is 4.04. The molecule has 2 N–H and O–H groups in total. The van der Waals surface area contributed by atoms with Crippen LogP contribution in [0.2, 0.25) is 0 Å². The molecule has 70 valence electrons. The number of nitrogens with zero attached hydrogens (tertiary/aromatic N) is 1. The highest BCUT2D eigenvalue weighted by atomic mass is 16.3. The van der Waals surface area contributed by atoms with Crippen molar-refractivity contribution in [2.45, 2.75) is 38.0 Å². The molecule has 2 aliphatic rings. The first-order chi connectivity index (χ1) is 5.77. The summed E-state index contributed by atoms with van der Waals surface area (Å²) in [6, 6.07) is 1.28. The van der Waals surface area contributed by atoms with Crippen molar-refractivity contribution in [1.82, 2.24) is 10.2 Å². The van der Waals surface area contributed by atoms with Crippen molar-refractivity contribution in [3.05, 3.63) is 0 Å². The highest BCUT2D eigenvalue weighted by Crippen LogP contribution is 2.20. The Labute approximate surface area is 73.8 Å². The number of likely N-dealkylation sites (tertiary alicyclic amines) is 1. The van der Waals surface area contributed by atoms with Crippen LogP contribution in [0.4, 0.5) is 0 Å². The van der Waals surface area contributed by atoms with Gasteiger partial charge in [0.05, 0.1) is 6.10 Å². The van der Waals surface area contributed by atoms with Crippen LogP contribution in [0.5, 0.6) is 0 Å². The maximum atomic E-state index is 9.38. The monoisotopic (exact) mass is 170 g/mol. The lowest BCUT2D eigenvalue weighted by Gasteiger charge is -2.26. The van der Waals surface area contributed by atoms with Crippen molar-refractivity contribution < 1.29 is 5.11 Å². The molecule has 12 heavy (non-hydrogen) atoms. The molecular formula is C9H18N2O. The highest BCUT2D eigenvalue weighted by molar-refractivity contribution is 4.91. The molecule has 0 radical (unpaired) electrons. The summed E-state index contributed by atoms with van der Waals surface area (Å²) < 4.78 is 0. The standard InChI is InChI=1S/C9H18N2O/c1-7-9(2-4-10-7)11-5-3-8(12)6-11/h7-10,12H,2-6H2,1H3/t7-,8-,9-/m0/s1. The fourth-order valence-corrected chi connectivity index (χ4v) is 2.41. The first-order valence-electron chi connectivity index (χ1n) is 4.93. The molecule has 0 aromatic carbocycles. The van der Waals surface area contributed by atoms with Gasteiger partial charge in [-0.25, -0.2) is 0 Å². The molecule has 2 heterocycles. The minimum Gasteiger partial charge on any atom is -0.392 e. The predicted octanol–water partition coefficient (Wildman–Crippen LogP) is -0.197. The molecule has 0 aromatic heterocycles. The Kier molecular flexibility index (Phi) is 2.35. The second-order valence-corrected chi connectivity index (χ2v) is 4.04. The van der Waals surface area contributed by atoms with Crippen LogP contribution < -0.4 is 5.32 Å². The first kappa shape index (κ1) is 8.48. The van der Waals surface area contributed by atoms with Crippen LogP contribution in [0.25, 0.3) is 0 Å². The van der Waals surface area contributed by atoms with E-state index in [2.05, 4.69) is 17.1 Å². The van der Waals surface area contributed by atoms with Crippen LogP contribution in [-0.4, -0.2) is 47.8 Å². The SMILES string of the molecule is C[C@@H]1NCC[C@@H]1N1CC[C@H](O)C1. The molecule has 3 nitrogen and oxygen atoms in total. The van der Waals surface area contributed by atoms with E-state index in [0.29, 0.717) is 12.1 Å². The van der Waals surface area contributed by atoms with Crippen molar-refractivity contribution in [3.8, 4) is 0 Å². The molecule has 3 heteroatoms. The van der Waals surface area contributed by atoms with E-state index in [-0.39, 0.29) is 6.10 Å². The Hall–Kier alpha value is -0.120. The number of rotatable bonds is 1. The Balaban J connectivity index is 1.91. The lowest BCUT2D eigenvalue weighted by molar-refractivity contribution is 0.155. The van der Waals surface area contributed by atoms with Crippen molar-refractivity contribution in [2.24, 2.45) is 0 Å². The molecule has 2 aliphatic heterocycles. The number of hydrogen-bond acceptors (Lipinski definition) is 3. The lowest BCUT2D eigenvalue weighted by Crippen LogP contribution is -2.41. The van der Waals surface area contributed by atoms with E-state index in [9.17, 15) is 5.11 Å². The van der Waals surface area contributed by atoms with E-state index in [1.54, 1.807) is 0 Å². The minimum absolute atomic E-state index is 0.0715. The van der Waals surface area contributed by atoms with E-state index in [0.717, 1.165) is 26.1 Å². The number of aliphatic hydroxyl groups is 1.